The van der Waals surface area contributed by atoms with E-state index in [-0.39, 0.29) is 17.2 Å². The first-order chi connectivity index (χ1) is 23.4. The molecule has 4 aromatic carbocycles. The average Bonchev–Trinajstić information content (AvgIpc) is 3.31. The van der Waals surface area contributed by atoms with Crippen LogP contribution in [0.25, 0.3) is 5.69 Å². The van der Waals surface area contributed by atoms with Crippen LogP contribution in [0, 0.1) is 6.92 Å². The molecule has 0 atom stereocenters. The summed E-state index contributed by atoms with van der Waals surface area (Å²) in [6, 6.07) is 24.9. The number of aromatic nitrogens is 2. The highest BCUT2D eigenvalue weighted by atomic mass is 79.9. The van der Waals surface area contributed by atoms with E-state index in [2.05, 4.69) is 26.5 Å². The number of sulfonamides is 1. The van der Waals surface area contributed by atoms with E-state index in [1.54, 1.807) is 97.5 Å². The van der Waals surface area contributed by atoms with Gasteiger partial charge in [0, 0.05) is 7.05 Å². The Labute approximate surface area is 301 Å². The number of hydrogen-bond donors (Lipinski definition) is 1. The van der Waals surface area contributed by atoms with Gasteiger partial charge >= 0.3 is 0 Å². The van der Waals surface area contributed by atoms with Crippen molar-refractivity contribution in [1.82, 2.24) is 14.8 Å². The van der Waals surface area contributed by atoms with Gasteiger partial charge in [0.1, 0.15) is 18.8 Å². The lowest BCUT2D eigenvalue weighted by Crippen LogP contribution is -2.42. The summed E-state index contributed by atoms with van der Waals surface area (Å²) in [5, 5.41) is 4.88. The van der Waals surface area contributed by atoms with Crippen LogP contribution in [-0.4, -0.2) is 43.6 Å². The fourth-order valence-corrected chi connectivity index (χ4v) is 7.32. The lowest BCUT2D eigenvalue weighted by atomic mass is 10.2. The van der Waals surface area contributed by atoms with Crippen molar-refractivity contribution in [2.24, 2.45) is 12.1 Å². The third-order valence-corrected chi connectivity index (χ3v) is 10.5. The molecule has 1 aromatic heterocycles. The molecule has 0 radical (unpaired) electrons. The predicted molar refractivity (Wildman–Crippen MR) is 194 cm³/mol. The van der Waals surface area contributed by atoms with Gasteiger partial charge in [0.25, 0.3) is 21.5 Å². The van der Waals surface area contributed by atoms with E-state index in [0.717, 1.165) is 9.87 Å². The molecule has 1 N–H and O–H groups in total. The van der Waals surface area contributed by atoms with Crippen molar-refractivity contribution >= 4 is 67.0 Å². The number of hydrazone groups is 1. The van der Waals surface area contributed by atoms with Gasteiger partial charge in [-0.25, -0.2) is 22.8 Å². The third kappa shape index (κ3) is 7.86. The second kappa shape index (κ2) is 15.3. The van der Waals surface area contributed by atoms with Gasteiger partial charge in [0.2, 0.25) is 0 Å². The number of halogens is 3. The molecule has 5 aromatic rings. The molecule has 11 nitrogen and oxygen atoms in total. The van der Waals surface area contributed by atoms with Crippen molar-refractivity contribution in [3.05, 3.63) is 133 Å². The number of methoxy groups -OCH3 is 1. The van der Waals surface area contributed by atoms with Gasteiger partial charge in [-0.15, -0.1) is 0 Å². The summed E-state index contributed by atoms with van der Waals surface area (Å²) >= 11 is 15.6. The number of rotatable bonds is 12. The first-order valence-electron chi connectivity index (χ1n) is 14.6. The summed E-state index contributed by atoms with van der Waals surface area (Å²) in [4.78, 5) is 27.0. The van der Waals surface area contributed by atoms with E-state index >= 15 is 0 Å². The molecule has 49 heavy (non-hydrogen) atoms. The predicted octanol–water partition coefficient (Wildman–Crippen LogP) is 6.49. The molecule has 0 spiro atoms. The number of benzene rings is 4. The van der Waals surface area contributed by atoms with Crippen molar-refractivity contribution in [2.75, 3.05) is 18.0 Å². The molecule has 0 aliphatic carbocycles. The Kier molecular flexibility index (Phi) is 11.2. The minimum atomic E-state index is -4.36. The molecule has 5 rings (SSSR count). The van der Waals surface area contributed by atoms with Crippen molar-refractivity contribution in [3.8, 4) is 17.2 Å². The zero-order chi connectivity index (χ0) is 35.3. The van der Waals surface area contributed by atoms with Crippen molar-refractivity contribution in [3.63, 3.8) is 0 Å². The minimum Gasteiger partial charge on any atom is -0.493 e. The first kappa shape index (κ1) is 35.7. The van der Waals surface area contributed by atoms with E-state index < -0.39 is 28.0 Å². The molecule has 0 bridgehead atoms. The molecule has 0 unspecified atom stereocenters. The van der Waals surface area contributed by atoms with Gasteiger partial charge in [-0.05, 0) is 82.5 Å². The van der Waals surface area contributed by atoms with Gasteiger partial charge in [-0.3, -0.25) is 14.3 Å². The summed E-state index contributed by atoms with van der Waals surface area (Å²) in [6.07, 6.45) is 1.36. The van der Waals surface area contributed by atoms with Crippen LogP contribution in [-0.2, 0) is 28.5 Å². The number of ether oxygens (including phenoxy) is 2. The maximum atomic E-state index is 13.9. The van der Waals surface area contributed by atoms with Crippen LogP contribution in [0.2, 0.25) is 10.0 Å². The highest BCUT2D eigenvalue weighted by Crippen LogP contribution is 2.37. The first-order valence-corrected chi connectivity index (χ1v) is 17.6. The molecule has 0 fully saturated rings. The second-order valence-electron chi connectivity index (χ2n) is 10.6. The Morgan fingerprint density at radius 2 is 1.67 bits per heavy atom. The van der Waals surface area contributed by atoms with Gasteiger partial charge in [0.15, 0.2) is 11.5 Å². The van der Waals surface area contributed by atoms with Crippen LogP contribution in [0.5, 0.6) is 11.5 Å². The average molecular weight is 788 g/mol. The Morgan fingerprint density at radius 3 is 2.33 bits per heavy atom. The molecule has 15 heteroatoms. The summed E-state index contributed by atoms with van der Waals surface area (Å²) in [7, 11) is -1.24. The van der Waals surface area contributed by atoms with E-state index in [1.807, 2.05) is 0 Å². The van der Waals surface area contributed by atoms with E-state index in [1.165, 1.54) is 30.1 Å². The highest BCUT2D eigenvalue weighted by Gasteiger charge is 2.33. The van der Waals surface area contributed by atoms with Gasteiger partial charge in [-0.1, -0.05) is 65.7 Å². The molecule has 0 saturated heterocycles. The van der Waals surface area contributed by atoms with Crippen molar-refractivity contribution in [1.29, 1.82) is 0 Å². The second-order valence-corrected chi connectivity index (χ2v) is 14.1. The SMILES string of the molecule is COc1cc(/C=N\NC(=O)CN(c2c(C)n(C)n(-c3ccccc3)c2=O)S(=O)(=O)c2ccccc2)cc(Br)c1OCc1ccc(Cl)c(Cl)c1. The Balaban J connectivity index is 1.39. The molecule has 1 heterocycles. The van der Waals surface area contributed by atoms with Crippen LogP contribution in [0.15, 0.2) is 110 Å². The highest BCUT2D eigenvalue weighted by molar-refractivity contribution is 9.10. The number of para-hydroxylation sites is 1. The summed E-state index contributed by atoms with van der Waals surface area (Å²) in [5.41, 5.74) is 3.79. The zero-order valence-corrected chi connectivity index (χ0v) is 30.3. The Morgan fingerprint density at radius 1 is 1.00 bits per heavy atom. The van der Waals surface area contributed by atoms with Crippen LogP contribution < -0.4 is 24.8 Å². The van der Waals surface area contributed by atoms with Crippen LogP contribution in [0.3, 0.4) is 0 Å². The molecule has 0 aliphatic heterocycles. The molecular formula is C34H30BrCl2N5O6S. The van der Waals surface area contributed by atoms with Crippen LogP contribution >= 0.6 is 39.1 Å². The quantitative estimate of drug-likeness (QED) is 0.114. The van der Waals surface area contributed by atoms with Crippen LogP contribution in [0.4, 0.5) is 5.69 Å². The lowest BCUT2D eigenvalue weighted by molar-refractivity contribution is -0.119. The fraction of sp³-hybridized carbons (Fsp3) is 0.147. The van der Waals surface area contributed by atoms with Gasteiger partial charge < -0.3 is 9.47 Å². The summed E-state index contributed by atoms with van der Waals surface area (Å²) in [6.45, 7) is 1.08. The largest absolute Gasteiger partial charge is 0.493 e. The molecular weight excluding hydrogens is 757 g/mol. The lowest BCUT2D eigenvalue weighted by Gasteiger charge is -2.22. The number of nitrogens with zero attached hydrogens (tertiary/aromatic N) is 4. The fourth-order valence-electron chi connectivity index (χ4n) is 4.93. The normalized spacial score (nSPS) is 11.5. The summed E-state index contributed by atoms with van der Waals surface area (Å²) in [5.74, 6) is 0.0322. The van der Waals surface area contributed by atoms with Crippen LogP contribution in [0.1, 0.15) is 16.8 Å². The Bertz CT molecular complexity index is 2190. The zero-order valence-electron chi connectivity index (χ0n) is 26.4. The standard InChI is InChI=1S/C34H30BrCl2N5O6S/c1-22-32(34(44)42(40(22)2)25-10-6-4-7-11-25)41(49(45,46)26-12-8-5-9-13-26)20-31(43)39-38-19-24-16-27(35)33(30(18-24)47-3)48-21-23-14-15-28(36)29(37)17-23/h4-19H,20-21H2,1-3H3,(H,39,43)/b38-19-. The molecule has 0 saturated carbocycles. The third-order valence-electron chi connectivity index (χ3n) is 7.41. The number of anilines is 1. The number of carbonyl (C=O) groups excluding carboxylic acids is 1. The Hall–Kier alpha value is -4.56. The van der Waals surface area contributed by atoms with E-state index in [9.17, 15) is 18.0 Å². The van der Waals surface area contributed by atoms with E-state index in [4.69, 9.17) is 32.7 Å². The topological polar surface area (TPSA) is 124 Å². The number of nitrogens with one attached hydrogen (secondary N) is 1. The molecule has 0 aliphatic rings. The number of amides is 1. The number of hydrogen-bond acceptors (Lipinski definition) is 7. The molecule has 254 valence electrons. The molecule has 1 amide bonds. The van der Waals surface area contributed by atoms with E-state index in [0.29, 0.717) is 43.0 Å². The monoisotopic (exact) mass is 785 g/mol. The maximum absolute atomic E-state index is 13.9. The smallest absolute Gasteiger partial charge is 0.296 e. The van der Waals surface area contributed by atoms with Gasteiger partial charge in [0.05, 0.1) is 44.1 Å². The minimum absolute atomic E-state index is 0.0846. The van der Waals surface area contributed by atoms with Crippen molar-refractivity contribution < 1.29 is 22.7 Å². The number of carbonyl (C=O) groups is 1. The summed E-state index contributed by atoms with van der Waals surface area (Å²) < 4.78 is 43.6. The van der Waals surface area contributed by atoms with Crippen molar-refractivity contribution in [2.45, 2.75) is 18.4 Å². The maximum Gasteiger partial charge on any atom is 0.296 e. The van der Waals surface area contributed by atoms with Gasteiger partial charge in [-0.2, -0.15) is 5.10 Å².